The molecule has 2 aromatic rings. The van der Waals surface area contributed by atoms with E-state index in [0.29, 0.717) is 10.0 Å². The number of halogens is 2. The molecule has 2 heterocycles. The number of aliphatic hydroxyl groups excluding tert-OH is 1. The van der Waals surface area contributed by atoms with Crippen LogP contribution < -0.4 is 0 Å². The van der Waals surface area contributed by atoms with Gasteiger partial charge in [-0.1, -0.05) is 29.3 Å². The molecular formula is C16H19Cl2N3O2S. The molecule has 0 radical (unpaired) electrons. The molecule has 0 bridgehead atoms. The average molecular weight is 388 g/mol. The SMILES string of the molecule is Cn1ncnc1CCC[C@@]1(c2ccc(Cl)cc2Cl)O[C@@H](CO)CS1. The van der Waals surface area contributed by atoms with E-state index in [2.05, 4.69) is 10.1 Å². The van der Waals surface area contributed by atoms with E-state index in [-0.39, 0.29) is 12.7 Å². The summed E-state index contributed by atoms with van der Waals surface area (Å²) in [5.74, 6) is 1.67. The average Bonchev–Trinajstić information content (AvgIpc) is 3.15. The second-order valence-corrected chi connectivity index (χ2v) is 7.89. The van der Waals surface area contributed by atoms with Crippen LogP contribution in [0.2, 0.25) is 10.0 Å². The summed E-state index contributed by atoms with van der Waals surface area (Å²) in [6.07, 6.45) is 3.82. The van der Waals surface area contributed by atoms with E-state index in [4.69, 9.17) is 27.9 Å². The summed E-state index contributed by atoms with van der Waals surface area (Å²) < 4.78 is 7.98. The van der Waals surface area contributed by atoms with Crippen LogP contribution in [0.3, 0.4) is 0 Å². The highest BCUT2D eigenvalue weighted by Crippen LogP contribution is 2.50. The van der Waals surface area contributed by atoms with Crippen LogP contribution in [0, 0.1) is 0 Å². The third kappa shape index (κ3) is 3.73. The van der Waals surface area contributed by atoms with Crippen molar-refractivity contribution in [2.75, 3.05) is 12.4 Å². The van der Waals surface area contributed by atoms with Crippen molar-refractivity contribution in [1.82, 2.24) is 14.8 Å². The molecule has 1 aromatic carbocycles. The lowest BCUT2D eigenvalue weighted by molar-refractivity contribution is -0.0395. The minimum absolute atomic E-state index is 0.00322. The minimum atomic E-state index is -0.562. The summed E-state index contributed by atoms with van der Waals surface area (Å²) in [5, 5.41) is 14.7. The number of nitrogens with zero attached hydrogens (tertiary/aromatic N) is 3. The van der Waals surface area contributed by atoms with E-state index in [1.165, 1.54) is 0 Å². The van der Waals surface area contributed by atoms with Crippen molar-refractivity contribution in [2.45, 2.75) is 30.3 Å². The largest absolute Gasteiger partial charge is 0.394 e. The van der Waals surface area contributed by atoms with Crippen molar-refractivity contribution in [1.29, 1.82) is 0 Å². The van der Waals surface area contributed by atoms with Crippen LogP contribution in [0.25, 0.3) is 0 Å². The molecule has 24 heavy (non-hydrogen) atoms. The summed E-state index contributed by atoms with van der Waals surface area (Å²) in [6, 6.07) is 5.47. The molecule has 5 nitrogen and oxygen atoms in total. The van der Waals surface area contributed by atoms with Gasteiger partial charge in [0.1, 0.15) is 17.1 Å². The molecule has 1 aliphatic heterocycles. The number of hydrogen-bond donors (Lipinski definition) is 1. The van der Waals surface area contributed by atoms with Crippen LogP contribution in [-0.2, 0) is 23.1 Å². The fraction of sp³-hybridized carbons (Fsp3) is 0.500. The second kappa shape index (κ2) is 7.62. The predicted molar refractivity (Wildman–Crippen MR) is 96.5 cm³/mol. The highest BCUT2D eigenvalue weighted by atomic mass is 35.5. The summed E-state index contributed by atoms with van der Waals surface area (Å²) in [4.78, 5) is 3.69. The molecular weight excluding hydrogens is 369 g/mol. The Labute approximate surface area is 155 Å². The van der Waals surface area contributed by atoms with Crippen molar-refractivity contribution in [3.63, 3.8) is 0 Å². The Bertz CT molecular complexity index is 712. The molecule has 3 rings (SSSR count). The molecule has 0 amide bonds. The Balaban J connectivity index is 1.79. The van der Waals surface area contributed by atoms with Crippen molar-refractivity contribution >= 4 is 35.0 Å². The zero-order valence-corrected chi connectivity index (χ0v) is 15.6. The maximum atomic E-state index is 9.46. The standard InChI is InChI=1S/C16H19Cl2N3O2S/c1-21-15(19-10-20-21)3-2-6-16(23-12(8-22)9-24-16)13-5-4-11(17)7-14(13)18/h4-5,7,10,12,22H,2-3,6,8-9H2,1H3/t12-,16+/m0/s1. The van der Waals surface area contributed by atoms with Crippen molar-refractivity contribution in [3.8, 4) is 0 Å². The van der Waals surface area contributed by atoms with Crippen LogP contribution in [0.1, 0.15) is 24.2 Å². The van der Waals surface area contributed by atoms with Crippen molar-refractivity contribution in [3.05, 3.63) is 46.0 Å². The van der Waals surface area contributed by atoms with Crippen LogP contribution in [0.5, 0.6) is 0 Å². The van der Waals surface area contributed by atoms with Gasteiger partial charge in [0.25, 0.3) is 0 Å². The number of benzene rings is 1. The number of ether oxygens (including phenoxy) is 1. The van der Waals surface area contributed by atoms with Crippen molar-refractivity contribution < 1.29 is 9.84 Å². The van der Waals surface area contributed by atoms with Crippen molar-refractivity contribution in [2.24, 2.45) is 7.05 Å². The van der Waals surface area contributed by atoms with Gasteiger partial charge in [-0.2, -0.15) is 5.10 Å². The molecule has 130 valence electrons. The quantitative estimate of drug-likeness (QED) is 0.822. The van der Waals surface area contributed by atoms with Gasteiger partial charge in [-0.15, -0.1) is 11.8 Å². The molecule has 0 spiro atoms. The summed E-state index contributed by atoms with van der Waals surface area (Å²) in [7, 11) is 1.89. The fourth-order valence-corrected chi connectivity index (χ4v) is 4.96. The minimum Gasteiger partial charge on any atom is -0.394 e. The summed E-state index contributed by atoms with van der Waals surface area (Å²) >= 11 is 14.1. The Morgan fingerprint density at radius 1 is 1.46 bits per heavy atom. The van der Waals surface area contributed by atoms with E-state index in [0.717, 1.165) is 36.4 Å². The number of hydrogen-bond acceptors (Lipinski definition) is 5. The maximum Gasteiger partial charge on any atom is 0.141 e. The lowest BCUT2D eigenvalue weighted by Crippen LogP contribution is -2.26. The molecule has 2 atom stereocenters. The third-order valence-corrected chi connectivity index (χ3v) is 6.19. The molecule has 0 unspecified atom stereocenters. The zero-order valence-electron chi connectivity index (χ0n) is 13.3. The Morgan fingerprint density at radius 3 is 2.92 bits per heavy atom. The van der Waals surface area contributed by atoms with Gasteiger partial charge in [0.15, 0.2) is 0 Å². The lowest BCUT2D eigenvalue weighted by Gasteiger charge is -2.30. The molecule has 1 fully saturated rings. The van der Waals surface area contributed by atoms with Gasteiger partial charge in [-0.3, -0.25) is 4.68 Å². The first-order valence-corrected chi connectivity index (χ1v) is 9.49. The molecule has 8 heteroatoms. The first-order chi connectivity index (χ1) is 11.5. The highest BCUT2D eigenvalue weighted by molar-refractivity contribution is 8.00. The smallest absolute Gasteiger partial charge is 0.141 e. The van der Waals surface area contributed by atoms with E-state index < -0.39 is 4.93 Å². The summed E-state index contributed by atoms with van der Waals surface area (Å²) in [6.45, 7) is 0.00322. The third-order valence-electron chi connectivity index (χ3n) is 4.12. The van der Waals surface area contributed by atoms with Gasteiger partial charge >= 0.3 is 0 Å². The molecule has 0 aliphatic carbocycles. The Hall–Kier alpha value is -0.790. The van der Waals surface area contributed by atoms with Crippen LogP contribution in [0.4, 0.5) is 0 Å². The Kier molecular flexibility index (Phi) is 5.72. The number of thioether (sulfide) groups is 1. The first-order valence-electron chi connectivity index (χ1n) is 7.75. The van der Waals surface area contributed by atoms with E-state index >= 15 is 0 Å². The van der Waals surface area contributed by atoms with Gasteiger partial charge < -0.3 is 9.84 Å². The molecule has 1 N–H and O–H groups in total. The van der Waals surface area contributed by atoms with E-state index in [9.17, 15) is 5.11 Å². The van der Waals surface area contributed by atoms with Gasteiger partial charge in [-0.25, -0.2) is 4.98 Å². The lowest BCUT2D eigenvalue weighted by atomic mass is 10.0. The highest BCUT2D eigenvalue weighted by Gasteiger charge is 2.43. The molecule has 0 saturated carbocycles. The number of aromatic nitrogens is 3. The Morgan fingerprint density at radius 2 is 2.29 bits per heavy atom. The summed E-state index contributed by atoms with van der Waals surface area (Å²) in [5.41, 5.74) is 0.910. The monoisotopic (exact) mass is 387 g/mol. The normalized spacial score (nSPS) is 23.8. The van der Waals surface area contributed by atoms with Gasteiger partial charge in [0, 0.05) is 34.8 Å². The molecule has 1 aromatic heterocycles. The van der Waals surface area contributed by atoms with Gasteiger partial charge in [0.05, 0.1) is 12.7 Å². The molecule has 1 saturated heterocycles. The predicted octanol–water partition coefficient (Wildman–Crippen LogP) is 3.42. The van der Waals surface area contributed by atoms with Gasteiger partial charge in [0.2, 0.25) is 0 Å². The number of aliphatic hydroxyl groups is 1. The van der Waals surface area contributed by atoms with Crippen LogP contribution in [-0.4, -0.2) is 38.3 Å². The number of rotatable bonds is 6. The topological polar surface area (TPSA) is 60.2 Å². The van der Waals surface area contributed by atoms with Crippen LogP contribution >= 0.6 is 35.0 Å². The maximum absolute atomic E-state index is 9.46. The second-order valence-electron chi connectivity index (χ2n) is 5.76. The van der Waals surface area contributed by atoms with E-state index in [1.807, 2.05) is 19.2 Å². The number of aryl methyl sites for hydroxylation is 2. The molecule has 1 aliphatic rings. The zero-order chi connectivity index (χ0) is 17.2. The van der Waals surface area contributed by atoms with Crippen LogP contribution in [0.15, 0.2) is 24.5 Å². The fourth-order valence-electron chi connectivity index (χ4n) is 2.89. The van der Waals surface area contributed by atoms with Gasteiger partial charge in [-0.05, 0) is 25.0 Å². The van der Waals surface area contributed by atoms with E-state index in [1.54, 1.807) is 28.8 Å². The first kappa shape index (κ1) is 18.0.